The molecule has 0 aromatic heterocycles. The number of phenolic OH excluding ortho intramolecular Hbond substituents is 1. The van der Waals surface area contributed by atoms with E-state index in [0.717, 1.165) is 0 Å². The first-order chi connectivity index (χ1) is 6.40. The molecule has 7 heteroatoms. The lowest BCUT2D eigenvalue weighted by molar-refractivity contribution is 0.302. The maximum atomic E-state index is 10.4. The number of rotatable bonds is 3. The van der Waals surface area contributed by atoms with Gasteiger partial charge < -0.3 is 5.11 Å². The van der Waals surface area contributed by atoms with Gasteiger partial charge in [0.15, 0.2) is 0 Å². The van der Waals surface area contributed by atoms with Gasteiger partial charge in [-0.3, -0.25) is 4.18 Å². The molecule has 78 valence electrons. The van der Waals surface area contributed by atoms with Gasteiger partial charge in [0.2, 0.25) is 0 Å². The zero-order valence-corrected chi connectivity index (χ0v) is 8.55. The van der Waals surface area contributed by atoms with Gasteiger partial charge in [0.05, 0.1) is 11.6 Å². The van der Waals surface area contributed by atoms with Gasteiger partial charge in [-0.1, -0.05) is 23.7 Å². The maximum Gasteiger partial charge on any atom is 0.333 e. The molecule has 0 atom stereocenters. The monoisotopic (exact) mass is 237 g/mol. The van der Waals surface area contributed by atoms with Crippen LogP contribution in [0.3, 0.4) is 0 Å². The minimum Gasteiger partial charge on any atom is -0.506 e. The van der Waals surface area contributed by atoms with Gasteiger partial charge in [-0.05, 0) is 6.07 Å². The summed E-state index contributed by atoms with van der Waals surface area (Å²) >= 11 is 5.58. The number of para-hydroxylation sites is 1. The highest BCUT2D eigenvalue weighted by Crippen LogP contribution is 2.27. The smallest absolute Gasteiger partial charge is 0.333 e. The molecule has 0 aliphatic heterocycles. The van der Waals surface area contributed by atoms with Gasteiger partial charge >= 0.3 is 10.3 Å². The molecule has 1 aromatic carbocycles. The third kappa shape index (κ3) is 3.15. The molecule has 1 aromatic rings. The fourth-order valence-electron chi connectivity index (χ4n) is 0.822. The second kappa shape index (κ2) is 4.14. The highest BCUT2D eigenvalue weighted by atomic mass is 35.5. The van der Waals surface area contributed by atoms with Crippen LogP contribution >= 0.6 is 11.6 Å². The first kappa shape index (κ1) is 11.3. The highest BCUT2D eigenvalue weighted by molar-refractivity contribution is 7.84. The van der Waals surface area contributed by atoms with E-state index in [-0.39, 0.29) is 22.9 Å². The largest absolute Gasteiger partial charge is 0.506 e. The molecule has 0 saturated heterocycles. The van der Waals surface area contributed by atoms with Crippen LogP contribution in [0.1, 0.15) is 5.56 Å². The minimum absolute atomic E-state index is 0.125. The van der Waals surface area contributed by atoms with Crippen molar-refractivity contribution in [1.82, 2.24) is 0 Å². The summed E-state index contributed by atoms with van der Waals surface area (Å²) in [7, 11) is -4.01. The molecule has 0 aliphatic carbocycles. The van der Waals surface area contributed by atoms with Crippen molar-refractivity contribution in [2.75, 3.05) is 0 Å². The Morgan fingerprint density at radius 2 is 2.14 bits per heavy atom. The molecule has 0 fully saturated rings. The molecule has 0 heterocycles. The fourth-order valence-corrected chi connectivity index (χ4v) is 1.31. The van der Waals surface area contributed by atoms with E-state index in [2.05, 4.69) is 9.32 Å². The molecule has 0 unspecified atom stereocenters. The first-order valence-electron chi connectivity index (χ1n) is 3.53. The molecule has 5 nitrogen and oxygen atoms in total. The van der Waals surface area contributed by atoms with Gasteiger partial charge in [-0.15, -0.1) is 0 Å². The third-order valence-corrected chi connectivity index (χ3v) is 2.20. The second-order valence-corrected chi connectivity index (χ2v) is 4.13. The summed E-state index contributed by atoms with van der Waals surface area (Å²) in [6.07, 6.45) is 0. The van der Waals surface area contributed by atoms with Crippen LogP contribution in [0.25, 0.3) is 0 Å². The quantitative estimate of drug-likeness (QED) is 0.812. The summed E-state index contributed by atoms with van der Waals surface area (Å²) in [5.41, 5.74) is 0.256. The van der Waals surface area contributed by atoms with E-state index in [1.807, 2.05) is 0 Å². The summed E-state index contributed by atoms with van der Waals surface area (Å²) in [5, 5.41) is 14.1. The molecule has 1 rings (SSSR count). The average Bonchev–Trinajstić information content (AvgIpc) is 2.06. The van der Waals surface area contributed by atoms with E-state index in [0.29, 0.717) is 0 Å². The maximum absolute atomic E-state index is 10.4. The second-order valence-electron chi connectivity index (χ2n) is 2.50. The first-order valence-corrected chi connectivity index (χ1v) is 5.38. The molecule has 0 saturated carbocycles. The topological polar surface area (TPSA) is 89.6 Å². The van der Waals surface area contributed by atoms with Crippen molar-refractivity contribution in [3.05, 3.63) is 28.8 Å². The summed E-state index contributed by atoms with van der Waals surface area (Å²) in [4.78, 5) is 0. The Morgan fingerprint density at radius 3 is 2.71 bits per heavy atom. The fraction of sp³-hybridized carbons (Fsp3) is 0.143. The Morgan fingerprint density at radius 1 is 1.50 bits per heavy atom. The number of hydrogen-bond donors (Lipinski definition) is 2. The van der Waals surface area contributed by atoms with Crippen molar-refractivity contribution in [1.29, 1.82) is 0 Å². The van der Waals surface area contributed by atoms with Crippen molar-refractivity contribution in [3.63, 3.8) is 0 Å². The number of phenols is 1. The van der Waals surface area contributed by atoms with Gasteiger partial charge in [0.25, 0.3) is 0 Å². The van der Waals surface area contributed by atoms with Crippen LogP contribution in [0, 0.1) is 0 Å². The molecule has 14 heavy (non-hydrogen) atoms. The van der Waals surface area contributed by atoms with E-state index < -0.39 is 10.3 Å². The average molecular weight is 238 g/mol. The summed E-state index contributed by atoms with van der Waals surface area (Å²) in [5.74, 6) is -0.210. The van der Waals surface area contributed by atoms with Gasteiger partial charge in [-0.2, -0.15) is 8.42 Å². The lowest BCUT2D eigenvalue weighted by Crippen LogP contribution is -2.15. The zero-order valence-electron chi connectivity index (χ0n) is 6.97. The van der Waals surface area contributed by atoms with Crippen LogP contribution < -0.4 is 5.14 Å². The van der Waals surface area contributed by atoms with Gasteiger partial charge in [0, 0.05) is 5.56 Å². The molecule has 0 aliphatic rings. The predicted octanol–water partition coefficient (Wildman–Crippen LogP) is 0.766. The number of nitrogens with two attached hydrogens (primary N) is 1. The lowest BCUT2D eigenvalue weighted by Gasteiger charge is -2.04. The Hall–Kier alpha value is -0.820. The van der Waals surface area contributed by atoms with Crippen LogP contribution in [-0.4, -0.2) is 13.5 Å². The van der Waals surface area contributed by atoms with Crippen LogP contribution in [0.15, 0.2) is 18.2 Å². The molecule has 0 radical (unpaired) electrons. The number of aromatic hydroxyl groups is 1. The van der Waals surface area contributed by atoms with Crippen LogP contribution in [0.5, 0.6) is 5.75 Å². The number of benzene rings is 1. The Kier molecular flexibility index (Phi) is 3.33. The summed E-state index contributed by atoms with van der Waals surface area (Å²) in [6, 6.07) is 4.51. The van der Waals surface area contributed by atoms with Crippen molar-refractivity contribution in [2.24, 2.45) is 5.14 Å². The van der Waals surface area contributed by atoms with Gasteiger partial charge in [0.1, 0.15) is 5.75 Å². The highest BCUT2D eigenvalue weighted by Gasteiger charge is 2.08. The van der Waals surface area contributed by atoms with Crippen molar-refractivity contribution < 1.29 is 17.7 Å². The van der Waals surface area contributed by atoms with Crippen LogP contribution in [0.4, 0.5) is 0 Å². The van der Waals surface area contributed by atoms with Crippen molar-refractivity contribution >= 4 is 21.9 Å². The van der Waals surface area contributed by atoms with Crippen LogP contribution in [0.2, 0.25) is 5.02 Å². The summed E-state index contributed by atoms with van der Waals surface area (Å²) < 4.78 is 25.2. The Balaban J connectivity index is 2.83. The minimum atomic E-state index is -4.01. The standard InChI is InChI=1S/C7H8ClNO4S/c8-6-3-1-2-5(7(6)10)4-13-14(9,11)12/h1-3,10H,4H2,(H2,9,11,12). The summed E-state index contributed by atoms with van der Waals surface area (Å²) in [6.45, 7) is -0.342. The normalized spacial score (nSPS) is 11.6. The zero-order chi connectivity index (χ0) is 10.8. The van der Waals surface area contributed by atoms with Gasteiger partial charge in [-0.25, -0.2) is 5.14 Å². The van der Waals surface area contributed by atoms with E-state index in [1.54, 1.807) is 6.07 Å². The molecule has 0 spiro atoms. The van der Waals surface area contributed by atoms with Crippen molar-refractivity contribution in [2.45, 2.75) is 6.61 Å². The van der Waals surface area contributed by atoms with E-state index in [4.69, 9.17) is 11.6 Å². The van der Waals surface area contributed by atoms with Crippen molar-refractivity contribution in [3.8, 4) is 5.75 Å². The third-order valence-electron chi connectivity index (χ3n) is 1.45. The molecular formula is C7H8ClNO4S. The number of hydrogen-bond acceptors (Lipinski definition) is 4. The molecule has 3 N–H and O–H groups in total. The van der Waals surface area contributed by atoms with E-state index in [9.17, 15) is 13.5 Å². The lowest BCUT2D eigenvalue weighted by atomic mass is 10.2. The Labute approximate surface area is 86.3 Å². The number of halogens is 1. The van der Waals surface area contributed by atoms with E-state index >= 15 is 0 Å². The van der Waals surface area contributed by atoms with Crippen LogP contribution in [-0.2, 0) is 21.1 Å². The molecule has 0 amide bonds. The molecular weight excluding hydrogens is 230 g/mol. The van der Waals surface area contributed by atoms with E-state index in [1.165, 1.54) is 12.1 Å². The SMILES string of the molecule is NS(=O)(=O)OCc1cccc(Cl)c1O. The molecule has 0 bridgehead atoms. The predicted molar refractivity (Wildman–Crippen MR) is 51.0 cm³/mol. The Bertz CT molecular complexity index is 431.